The second kappa shape index (κ2) is 6.15. The van der Waals surface area contributed by atoms with E-state index >= 15 is 0 Å². The number of hydrogen-bond donors (Lipinski definition) is 1. The number of sulfonamides is 1. The van der Waals surface area contributed by atoms with Crippen LogP contribution in [0.5, 0.6) is 0 Å². The van der Waals surface area contributed by atoms with Crippen molar-refractivity contribution in [2.45, 2.75) is 44.0 Å². The molecule has 0 bridgehead atoms. The first kappa shape index (κ1) is 16.0. The lowest BCUT2D eigenvalue weighted by Crippen LogP contribution is -2.56. The Balaban J connectivity index is 2.34. The molecule has 1 aromatic rings. The molecule has 1 saturated heterocycles. The topological polar surface area (TPSA) is 66.5 Å². The predicted octanol–water partition coefficient (Wildman–Crippen LogP) is 1.71. The molecular weight excluding hydrogens is 288 g/mol. The van der Waals surface area contributed by atoms with Gasteiger partial charge in [-0.05, 0) is 30.0 Å². The summed E-state index contributed by atoms with van der Waals surface area (Å²) in [6.07, 6.45) is 0.467. The van der Waals surface area contributed by atoms with E-state index < -0.39 is 16.1 Å². The third-order valence-corrected chi connectivity index (χ3v) is 5.74. The number of nitrogens with one attached hydrogen (secondary N) is 1. The molecule has 1 amide bonds. The molecule has 1 aliphatic heterocycles. The molecule has 5 nitrogen and oxygen atoms in total. The molecule has 2 rings (SSSR count). The molecular formula is C15H22N2O3S. The van der Waals surface area contributed by atoms with Gasteiger partial charge in [0.2, 0.25) is 15.9 Å². The normalized spacial score (nSPS) is 20.6. The van der Waals surface area contributed by atoms with Gasteiger partial charge in [0, 0.05) is 13.1 Å². The Kier molecular flexibility index (Phi) is 4.68. The van der Waals surface area contributed by atoms with E-state index in [0.717, 1.165) is 5.56 Å². The maximum absolute atomic E-state index is 12.7. The number of nitrogens with zero attached hydrogens (tertiary/aromatic N) is 1. The fourth-order valence-electron chi connectivity index (χ4n) is 2.53. The number of benzene rings is 1. The number of carbonyl (C=O) groups excluding carboxylic acids is 1. The summed E-state index contributed by atoms with van der Waals surface area (Å²) in [7, 11) is -3.63. The van der Waals surface area contributed by atoms with E-state index in [-0.39, 0.29) is 10.8 Å². The highest BCUT2D eigenvalue weighted by Crippen LogP contribution is 2.23. The van der Waals surface area contributed by atoms with Crippen molar-refractivity contribution < 1.29 is 13.2 Å². The molecule has 0 radical (unpaired) electrons. The van der Waals surface area contributed by atoms with E-state index in [1.807, 2.05) is 19.1 Å². The number of amides is 1. The van der Waals surface area contributed by atoms with Crippen molar-refractivity contribution in [3.05, 3.63) is 29.8 Å². The minimum atomic E-state index is -3.63. The quantitative estimate of drug-likeness (QED) is 0.920. The molecule has 1 unspecified atom stereocenters. The summed E-state index contributed by atoms with van der Waals surface area (Å²) < 4.78 is 26.8. The summed E-state index contributed by atoms with van der Waals surface area (Å²) in [6.45, 7) is 6.62. The van der Waals surface area contributed by atoms with Gasteiger partial charge in [-0.3, -0.25) is 4.79 Å². The van der Waals surface area contributed by atoms with Crippen LogP contribution < -0.4 is 5.32 Å². The summed E-state index contributed by atoms with van der Waals surface area (Å²) >= 11 is 0. The first-order valence-electron chi connectivity index (χ1n) is 7.27. The van der Waals surface area contributed by atoms with Crippen LogP contribution in [-0.4, -0.2) is 37.8 Å². The zero-order valence-corrected chi connectivity index (χ0v) is 13.5. The highest BCUT2D eigenvalue weighted by molar-refractivity contribution is 7.89. The van der Waals surface area contributed by atoms with Crippen molar-refractivity contribution in [2.75, 3.05) is 13.1 Å². The molecule has 6 heteroatoms. The molecule has 1 aromatic carbocycles. The van der Waals surface area contributed by atoms with Gasteiger partial charge in [-0.1, -0.05) is 32.9 Å². The minimum absolute atomic E-state index is 0.217. The van der Waals surface area contributed by atoms with Gasteiger partial charge in [0.15, 0.2) is 0 Å². The zero-order chi connectivity index (χ0) is 15.6. The largest absolute Gasteiger partial charge is 0.353 e. The van der Waals surface area contributed by atoms with Crippen molar-refractivity contribution in [1.29, 1.82) is 0 Å². The van der Waals surface area contributed by atoms with Gasteiger partial charge in [-0.2, -0.15) is 4.31 Å². The third-order valence-electron chi connectivity index (χ3n) is 3.82. The highest BCUT2D eigenvalue weighted by atomic mass is 32.2. The van der Waals surface area contributed by atoms with Crippen molar-refractivity contribution in [3.63, 3.8) is 0 Å². The number of rotatable bonds is 4. The molecule has 0 aromatic heterocycles. The molecule has 1 heterocycles. The van der Waals surface area contributed by atoms with E-state index in [4.69, 9.17) is 0 Å². The molecule has 21 heavy (non-hydrogen) atoms. The summed E-state index contributed by atoms with van der Waals surface area (Å²) in [5.41, 5.74) is 1.09. The van der Waals surface area contributed by atoms with Gasteiger partial charge in [0.05, 0.1) is 4.90 Å². The standard InChI is InChI=1S/C15H22N2O3S/c1-4-14-15(18)16-9-10-17(14)21(19,20)13-7-5-12(6-8-13)11(2)3/h5-8,11,14H,4,9-10H2,1-3H3,(H,16,18). The van der Waals surface area contributed by atoms with Crippen molar-refractivity contribution in [1.82, 2.24) is 9.62 Å². The molecule has 1 atom stereocenters. The summed E-state index contributed by atoms with van der Waals surface area (Å²) in [5, 5.41) is 2.72. The number of piperazine rings is 1. The fraction of sp³-hybridized carbons (Fsp3) is 0.533. The van der Waals surface area contributed by atoms with Crippen LogP contribution in [0.25, 0.3) is 0 Å². The van der Waals surface area contributed by atoms with Crippen molar-refractivity contribution >= 4 is 15.9 Å². The van der Waals surface area contributed by atoms with Crippen LogP contribution in [-0.2, 0) is 14.8 Å². The monoisotopic (exact) mass is 310 g/mol. The molecule has 1 N–H and O–H groups in total. The Bertz CT molecular complexity index is 608. The van der Waals surface area contributed by atoms with E-state index in [2.05, 4.69) is 19.2 Å². The average molecular weight is 310 g/mol. The first-order chi connectivity index (χ1) is 9.87. The number of carbonyl (C=O) groups is 1. The first-order valence-corrected chi connectivity index (χ1v) is 8.71. The van der Waals surface area contributed by atoms with Gasteiger partial charge in [0.1, 0.15) is 6.04 Å². The second-order valence-electron chi connectivity index (χ2n) is 5.55. The Labute approximate surface area is 126 Å². The lowest BCUT2D eigenvalue weighted by Gasteiger charge is -2.33. The molecule has 1 aliphatic rings. The smallest absolute Gasteiger partial charge is 0.243 e. The maximum atomic E-state index is 12.7. The third kappa shape index (κ3) is 3.11. The predicted molar refractivity (Wildman–Crippen MR) is 81.5 cm³/mol. The van der Waals surface area contributed by atoms with Crippen LogP contribution in [0.4, 0.5) is 0 Å². The SMILES string of the molecule is CCC1C(=O)NCCN1S(=O)(=O)c1ccc(C(C)C)cc1. The molecule has 116 valence electrons. The van der Waals surface area contributed by atoms with Gasteiger partial charge >= 0.3 is 0 Å². The van der Waals surface area contributed by atoms with Crippen LogP contribution in [0.15, 0.2) is 29.2 Å². The Morgan fingerprint density at radius 3 is 2.43 bits per heavy atom. The van der Waals surface area contributed by atoms with Crippen molar-refractivity contribution in [3.8, 4) is 0 Å². The lowest BCUT2D eigenvalue weighted by molar-refractivity contribution is -0.126. The van der Waals surface area contributed by atoms with Gasteiger partial charge in [-0.15, -0.1) is 0 Å². The lowest BCUT2D eigenvalue weighted by atomic mass is 10.0. The van der Waals surface area contributed by atoms with E-state index in [0.29, 0.717) is 25.4 Å². The van der Waals surface area contributed by atoms with Crippen LogP contribution in [0.3, 0.4) is 0 Å². The zero-order valence-electron chi connectivity index (χ0n) is 12.7. The average Bonchev–Trinajstić information content (AvgIpc) is 2.47. The molecule has 1 fully saturated rings. The van der Waals surface area contributed by atoms with Gasteiger partial charge in [0.25, 0.3) is 0 Å². The Morgan fingerprint density at radius 2 is 1.90 bits per heavy atom. The summed E-state index contributed by atoms with van der Waals surface area (Å²) in [5.74, 6) is 0.136. The Hall–Kier alpha value is -1.40. The summed E-state index contributed by atoms with van der Waals surface area (Å²) in [4.78, 5) is 12.1. The van der Waals surface area contributed by atoms with Crippen LogP contribution >= 0.6 is 0 Å². The van der Waals surface area contributed by atoms with Crippen LogP contribution in [0.2, 0.25) is 0 Å². The molecule has 0 spiro atoms. The molecule has 0 aliphatic carbocycles. The van der Waals surface area contributed by atoms with Crippen LogP contribution in [0, 0.1) is 0 Å². The van der Waals surface area contributed by atoms with Crippen LogP contribution in [0.1, 0.15) is 38.7 Å². The van der Waals surface area contributed by atoms with E-state index in [1.54, 1.807) is 12.1 Å². The van der Waals surface area contributed by atoms with Gasteiger partial charge < -0.3 is 5.32 Å². The second-order valence-corrected chi connectivity index (χ2v) is 7.45. The number of hydrogen-bond acceptors (Lipinski definition) is 3. The minimum Gasteiger partial charge on any atom is -0.353 e. The summed E-state index contributed by atoms with van der Waals surface area (Å²) in [6, 6.07) is 6.31. The van der Waals surface area contributed by atoms with Crippen molar-refractivity contribution in [2.24, 2.45) is 0 Å². The fourth-order valence-corrected chi connectivity index (χ4v) is 4.19. The maximum Gasteiger partial charge on any atom is 0.243 e. The van der Waals surface area contributed by atoms with Gasteiger partial charge in [-0.25, -0.2) is 8.42 Å². The molecule has 0 saturated carbocycles. The van der Waals surface area contributed by atoms with E-state index in [1.165, 1.54) is 4.31 Å². The Morgan fingerprint density at radius 1 is 1.29 bits per heavy atom. The van der Waals surface area contributed by atoms with E-state index in [9.17, 15) is 13.2 Å². The highest BCUT2D eigenvalue weighted by Gasteiger charge is 2.37.